The van der Waals surface area contributed by atoms with E-state index < -0.39 is 11.6 Å². The topological polar surface area (TPSA) is 35.8 Å². The number of nitrogens with one attached hydrogen (secondary N) is 1. The fourth-order valence-corrected chi connectivity index (χ4v) is 2.26. The van der Waals surface area contributed by atoms with Gasteiger partial charge in [0.1, 0.15) is 6.07 Å². The first-order valence-electron chi connectivity index (χ1n) is 6.52. The van der Waals surface area contributed by atoms with Gasteiger partial charge in [0.25, 0.3) is 0 Å². The number of anilines is 1. The van der Waals surface area contributed by atoms with Crippen molar-refractivity contribution in [2.75, 3.05) is 11.9 Å². The Morgan fingerprint density at radius 1 is 1.21 bits per heavy atom. The molecule has 0 saturated heterocycles. The molecule has 0 radical (unpaired) electrons. The Morgan fingerprint density at radius 3 is 2.74 bits per heavy atom. The molecule has 0 amide bonds. The van der Waals surface area contributed by atoms with E-state index in [0.717, 1.165) is 19.3 Å². The summed E-state index contributed by atoms with van der Waals surface area (Å²) in [7, 11) is 0. The molecule has 2 nitrogen and oxygen atoms in total. The minimum atomic E-state index is -1.08. The van der Waals surface area contributed by atoms with E-state index in [4.69, 9.17) is 5.26 Å². The summed E-state index contributed by atoms with van der Waals surface area (Å²) in [5.74, 6) is -2.05. The van der Waals surface area contributed by atoms with Gasteiger partial charge in [0, 0.05) is 6.54 Å². The van der Waals surface area contributed by atoms with Crippen molar-refractivity contribution in [3.05, 3.63) is 41.0 Å². The van der Waals surface area contributed by atoms with E-state index in [0.29, 0.717) is 6.54 Å². The van der Waals surface area contributed by atoms with Crippen LogP contribution in [0.2, 0.25) is 0 Å². The zero-order valence-electron chi connectivity index (χ0n) is 10.7. The number of allylic oxidation sites excluding steroid dienone is 1. The van der Waals surface area contributed by atoms with Crippen molar-refractivity contribution >= 4 is 5.69 Å². The number of nitrogens with zero attached hydrogens (tertiary/aromatic N) is 1. The van der Waals surface area contributed by atoms with Crippen LogP contribution < -0.4 is 5.32 Å². The largest absolute Gasteiger partial charge is 0.382 e. The quantitative estimate of drug-likeness (QED) is 0.828. The van der Waals surface area contributed by atoms with Gasteiger partial charge in [0.05, 0.1) is 11.3 Å². The first kappa shape index (κ1) is 13.5. The fourth-order valence-electron chi connectivity index (χ4n) is 2.26. The van der Waals surface area contributed by atoms with E-state index in [1.807, 2.05) is 0 Å². The third-order valence-corrected chi connectivity index (χ3v) is 3.35. The first-order chi connectivity index (χ1) is 9.22. The number of hydrogen-bond donors (Lipinski definition) is 1. The second kappa shape index (κ2) is 6.33. The summed E-state index contributed by atoms with van der Waals surface area (Å²) in [6.45, 7) is 0.577. The molecule has 1 aromatic carbocycles. The number of benzene rings is 1. The molecule has 19 heavy (non-hydrogen) atoms. The van der Waals surface area contributed by atoms with Gasteiger partial charge in [-0.3, -0.25) is 0 Å². The van der Waals surface area contributed by atoms with Crippen LogP contribution in [0.25, 0.3) is 0 Å². The third-order valence-electron chi connectivity index (χ3n) is 3.35. The maximum Gasteiger partial charge on any atom is 0.183 e. The SMILES string of the molecule is N#Cc1ccc(NCCC2=CCCCC2)c(F)c1F. The van der Waals surface area contributed by atoms with Crippen LogP contribution in [0.3, 0.4) is 0 Å². The van der Waals surface area contributed by atoms with Crippen LogP contribution in [-0.2, 0) is 0 Å². The Kier molecular flexibility index (Phi) is 4.51. The molecule has 100 valence electrons. The number of hydrogen-bond acceptors (Lipinski definition) is 2. The van der Waals surface area contributed by atoms with Crippen molar-refractivity contribution in [1.29, 1.82) is 5.26 Å². The standard InChI is InChI=1S/C15H16F2N2/c16-14-12(10-18)6-7-13(15(14)17)19-9-8-11-4-2-1-3-5-11/h4,6-7,19H,1-3,5,8-9H2. The van der Waals surface area contributed by atoms with Crippen LogP contribution in [-0.4, -0.2) is 6.54 Å². The highest BCUT2D eigenvalue weighted by molar-refractivity contribution is 5.49. The van der Waals surface area contributed by atoms with Crippen molar-refractivity contribution in [2.24, 2.45) is 0 Å². The highest BCUT2D eigenvalue weighted by atomic mass is 19.2. The molecular weight excluding hydrogens is 246 g/mol. The van der Waals surface area contributed by atoms with Crippen molar-refractivity contribution in [1.82, 2.24) is 0 Å². The lowest BCUT2D eigenvalue weighted by Crippen LogP contribution is -2.07. The molecule has 0 unspecified atom stereocenters. The molecule has 0 aliphatic heterocycles. The molecule has 0 heterocycles. The molecule has 0 atom stereocenters. The smallest absolute Gasteiger partial charge is 0.183 e. The summed E-state index contributed by atoms with van der Waals surface area (Å²) >= 11 is 0. The molecule has 1 aliphatic rings. The van der Waals surface area contributed by atoms with Gasteiger partial charge < -0.3 is 5.32 Å². The molecular formula is C15H16F2N2. The Balaban J connectivity index is 1.95. The molecule has 1 aliphatic carbocycles. The zero-order chi connectivity index (χ0) is 13.7. The predicted molar refractivity (Wildman–Crippen MR) is 70.7 cm³/mol. The summed E-state index contributed by atoms with van der Waals surface area (Å²) in [6.07, 6.45) is 7.77. The number of nitriles is 1. The lowest BCUT2D eigenvalue weighted by Gasteiger charge is -2.14. The van der Waals surface area contributed by atoms with Gasteiger partial charge in [0.2, 0.25) is 0 Å². The summed E-state index contributed by atoms with van der Waals surface area (Å²) in [4.78, 5) is 0. The van der Waals surface area contributed by atoms with Gasteiger partial charge in [-0.1, -0.05) is 11.6 Å². The third kappa shape index (κ3) is 3.31. The lowest BCUT2D eigenvalue weighted by atomic mass is 9.97. The average Bonchev–Trinajstić information content (AvgIpc) is 2.45. The van der Waals surface area contributed by atoms with Crippen molar-refractivity contribution in [2.45, 2.75) is 32.1 Å². The minimum Gasteiger partial charge on any atom is -0.382 e. The first-order valence-corrected chi connectivity index (χ1v) is 6.52. The van der Waals surface area contributed by atoms with Gasteiger partial charge in [-0.15, -0.1) is 0 Å². The Hall–Kier alpha value is -1.89. The number of halogens is 2. The van der Waals surface area contributed by atoms with Crippen molar-refractivity contribution < 1.29 is 8.78 Å². The maximum absolute atomic E-state index is 13.6. The molecule has 0 fully saturated rings. The van der Waals surface area contributed by atoms with Gasteiger partial charge in [0.15, 0.2) is 11.6 Å². The zero-order valence-corrected chi connectivity index (χ0v) is 10.7. The second-order valence-electron chi connectivity index (χ2n) is 4.69. The van der Waals surface area contributed by atoms with Crippen molar-refractivity contribution in [3.63, 3.8) is 0 Å². The van der Waals surface area contributed by atoms with E-state index in [1.54, 1.807) is 6.07 Å². The Morgan fingerprint density at radius 2 is 2.05 bits per heavy atom. The normalized spacial score (nSPS) is 14.7. The summed E-state index contributed by atoms with van der Waals surface area (Å²) in [5.41, 5.74) is 1.24. The molecule has 4 heteroatoms. The lowest BCUT2D eigenvalue weighted by molar-refractivity contribution is 0.508. The van der Waals surface area contributed by atoms with E-state index >= 15 is 0 Å². The van der Waals surface area contributed by atoms with Crippen LogP contribution >= 0.6 is 0 Å². The van der Waals surface area contributed by atoms with E-state index in [2.05, 4.69) is 11.4 Å². The molecule has 2 rings (SSSR count). The van der Waals surface area contributed by atoms with Gasteiger partial charge in [-0.25, -0.2) is 8.78 Å². The molecule has 1 aromatic rings. The van der Waals surface area contributed by atoms with E-state index in [9.17, 15) is 8.78 Å². The van der Waals surface area contributed by atoms with Crippen LogP contribution in [0.1, 0.15) is 37.7 Å². The highest BCUT2D eigenvalue weighted by Crippen LogP contribution is 2.22. The van der Waals surface area contributed by atoms with E-state index in [-0.39, 0.29) is 11.3 Å². The summed E-state index contributed by atoms with van der Waals surface area (Å²) < 4.78 is 27.0. The van der Waals surface area contributed by atoms with Crippen LogP contribution in [0.4, 0.5) is 14.5 Å². The van der Waals surface area contributed by atoms with Gasteiger partial charge >= 0.3 is 0 Å². The fraction of sp³-hybridized carbons (Fsp3) is 0.400. The molecule has 0 saturated carbocycles. The molecule has 0 spiro atoms. The van der Waals surface area contributed by atoms with Gasteiger partial charge in [-0.2, -0.15) is 5.26 Å². The summed E-state index contributed by atoms with van der Waals surface area (Å²) in [6, 6.07) is 4.32. The Bertz CT molecular complexity index is 530. The van der Waals surface area contributed by atoms with Crippen LogP contribution in [0, 0.1) is 23.0 Å². The molecule has 0 bridgehead atoms. The summed E-state index contributed by atoms with van der Waals surface area (Å²) in [5, 5.41) is 11.5. The number of rotatable bonds is 4. The highest BCUT2D eigenvalue weighted by Gasteiger charge is 2.13. The van der Waals surface area contributed by atoms with E-state index in [1.165, 1.54) is 30.5 Å². The second-order valence-corrected chi connectivity index (χ2v) is 4.69. The van der Waals surface area contributed by atoms with Crippen LogP contribution in [0.15, 0.2) is 23.8 Å². The average molecular weight is 262 g/mol. The van der Waals surface area contributed by atoms with Crippen LogP contribution in [0.5, 0.6) is 0 Å². The monoisotopic (exact) mass is 262 g/mol. The molecule has 1 N–H and O–H groups in total. The van der Waals surface area contributed by atoms with Crippen molar-refractivity contribution in [3.8, 4) is 6.07 Å². The van der Waals surface area contributed by atoms with Gasteiger partial charge in [-0.05, 0) is 44.2 Å². The minimum absolute atomic E-state index is 0.118. The maximum atomic E-state index is 13.6. The molecule has 0 aromatic heterocycles. The predicted octanol–water partition coefficient (Wildman–Crippen LogP) is 4.14. The Labute approximate surface area is 111 Å².